The Morgan fingerprint density at radius 3 is 2.18 bits per heavy atom. The molecule has 0 saturated heterocycles. The zero-order valence-electron chi connectivity index (χ0n) is 20.2. The molecule has 1 aromatic rings. The fraction of sp³-hybridized carbons (Fsp3) is 0.520. The van der Waals surface area contributed by atoms with E-state index in [4.69, 9.17) is 30.8 Å². The standard InChI is InChI=1S/C25H32ClNO6S/c1-6-31-21(28)14-13-20(26)25(15-17(22(29)32-7-2)23(30)33-8-3)18-11-9-10-12-19(18)27-24(25)34-16(4)5/h9-14,16-17,20H,6-8,15H2,1-5H3/b14-13+/t20-,25-/m0/s1. The minimum absolute atomic E-state index is 0.0262. The Morgan fingerprint density at radius 2 is 1.62 bits per heavy atom. The Labute approximate surface area is 210 Å². The third-order valence-corrected chi connectivity index (χ3v) is 6.83. The highest BCUT2D eigenvalue weighted by atomic mass is 35.5. The summed E-state index contributed by atoms with van der Waals surface area (Å²) >= 11 is 8.51. The van der Waals surface area contributed by atoms with E-state index in [-0.39, 0.29) is 31.5 Å². The van der Waals surface area contributed by atoms with Crippen molar-refractivity contribution >= 4 is 52.0 Å². The van der Waals surface area contributed by atoms with Gasteiger partial charge in [-0.05, 0) is 38.8 Å². The number of aliphatic imine (C=N–C) groups is 1. The van der Waals surface area contributed by atoms with Gasteiger partial charge in [-0.1, -0.05) is 38.1 Å². The molecule has 0 N–H and O–H groups in total. The molecule has 1 aliphatic rings. The molecule has 1 heterocycles. The van der Waals surface area contributed by atoms with Gasteiger partial charge in [-0.25, -0.2) is 9.79 Å². The van der Waals surface area contributed by atoms with Gasteiger partial charge in [0.1, 0.15) is 0 Å². The number of hydrogen-bond donors (Lipinski definition) is 0. The first kappa shape index (κ1) is 27.9. The van der Waals surface area contributed by atoms with Crippen molar-refractivity contribution in [3.63, 3.8) is 0 Å². The molecule has 1 aliphatic heterocycles. The lowest BCUT2D eigenvalue weighted by Crippen LogP contribution is -2.45. The summed E-state index contributed by atoms with van der Waals surface area (Å²) in [5.41, 5.74) is 0.401. The number of fused-ring (bicyclic) bond motifs is 1. The van der Waals surface area contributed by atoms with Crippen molar-refractivity contribution in [2.75, 3.05) is 19.8 Å². The van der Waals surface area contributed by atoms with E-state index in [2.05, 4.69) is 0 Å². The molecule has 0 saturated carbocycles. The summed E-state index contributed by atoms with van der Waals surface area (Å²) in [4.78, 5) is 42.7. The zero-order valence-corrected chi connectivity index (χ0v) is 21.8. The first-order valence-electron chi connectivity index (χ1n) is 11.4. The average molecular weight is 510 g/mol. The number of ether oxygens (including phenoxy) is 3. The van der Waals surface area contributed by atoms with E-state index < -0.39 is 34.6 Å². The van der Waals surface area contributed by atoms with Gasteiger partial charge in [0.25, 0.3) is 0 Å². The van der Waals surface area contributed by atoms with Crippen molar-refractivity contribution in [1.29, 1.82) is 0 Å². The molecular formula is C25H32ClNO6S. The van der Waals surface area contributed by atoms with E-state index in [0.29, 0.717) is 10.7 Å². The number of halogens is 1. The van der Waals surface area contributed by atoms with Crippen molar-refractivity contribution in [2.45, 2.75) is 57.1 Å². The number of benzene rings is 1. The van der Waals surface area contributed by atoms with Crippen LogP contribution >= 0.6 is 23.4 Å². The summed E-state index contributed by atoms with van der Waals surface area (Å²) in [6.45, 7) is 9.57. The molecule has 9 heteroatoms. The highest BCUT2D eigenvalue weighted by Crippen LogP contribution is 2.52. The number of carbonyl (C=O) groups excluding carboxylic acids is 3. The quantitative estimate of drug-likeness (QED) is 0.137. The molecule has 1 aromatic carbocycles. The minimum atomic E-state index is -1.22. The van der Waals surface area contributed by atoms with E-state index >= 15 is 0 Å². The first-order chi connectivity index (χ1) is 16.2. The van der Waals surface area contributed by atoms with Crippen molar-refractivity contribution in [3.05, 3.63) is 42.0 Å². The number of alkyl halides is 1. The van der Waals surface area contributed by atoms with Crippen LogP contribution in [0.5, 0.6) is 0 Å². The third kappa shape index (κ3) is 6.42. The lowest BCUT2D eigenvalue weighted by molar-refractivity contribution is -0.162. The second-order valence-corrected chi connectivity index (χ2v) is 9.88. The molecule has 0 fully saturated rings. The van der Waals surface area contributed by atoms with Crippen LogP contribution in [0.25, 0.3) is 0 Å². The van der Waals surface area contributed by atoms with Gasteiger partial charge in [0.05, 0.1) is 41.3 Å². The lowest BCUT2D eigenvalue weighted by Gasteiger charge is -2.37. The van der Waals surface area contributed by atoms with Crippen LogP contribution in [0.2, 0.25) is 0 Å². The van der Waals surface area contributed by atoms with Gasteiger partial charge in [0.2, 0.25) is 0 Å². The number of esters is 3. The summed E-state index contributed by atoms with van der Waals surface area (Å²) < 4.78 is 15.4. The van der Waals surface area contributed by atoms with E-state index in [9.17, 15) is 14.4 Å². The maximum Gasteiger partial charge on any atom is 0.330 e. The molecule has 0 bridgehead atoms. The molecule has 0 amide bonds. The molecule has 0 aliphatic carbocycles. The van der Waals surface area contributed by atoms with Crippen molar-refractivity contribution in [1.82, 2.24) is 0 Å². The predicted molar refractivity (Wildman–Crippen MR) is 135 cm³/mol. The number of hydrogen-bond acceptors (Lipinski definition) is 8. The average Bonchev–Trinajstić information content (AvgIpc) is 3.09. The van der Waals surface area contributed by atoms with Gasteiger partial charge in [0, 0.05) is 11.3 Å². The second-order valence-electron chi connectivity index (χ2n) is 7.85. The van der Waals surface area contributed by atoms with Gasteiger partial charge in [-0.3, -0.25) is 9.59 Å². The Morgan fingerprint density at radius 1 is 1.03 bits per heavy atom. The first-order valence-corrected chi connectivity index (χ1v) is 12.7. The normalized spacial score (nSPS) is 18.1. The van der Waals surface area contributed by atoms with Crippen molar-refractivity contribution in [2.24, 2.45) is 10.9 Å². The van der Waals surface area contributed by atoms with Crippen LogP contribution in [-0.4, -0.2) is 53.4 Å². The van der Waals surface area contributed by atoms with Crippen LogP contribution in [0.1, 0.15) is 46.6 Å². The molecule has 0 aromatic heterocycles. The van der Waals surface area contributed by atoms with E-state index in [1.54, 1.807) is 20.8 Å². The summed E-state index contributed by atoms with van der Waals surface area (Å²) in [5.74, 6) is -3.12. The Balaban J connectivity index is 2.67. The number of allylic oxidation sites excluding steroid dienone is 1. The predicted octanol–water partition coefficient (Wildman–Crippen LogP) is 4.97. The molecular weight excluding hydrogens is 478 g/mol. The number of thioether (sulfide) groups is 1. The van der Waals surface area contributed by atoms with Crippen LogP contribution in [0.4, 0.5) is 5.69 Å². The molecule has 7 nitrogen and oxygen atoms in total. The molecule has 0 radical (unpaired) electrons. The van der Waals surface area contributed by atoms with E-state index in [1.807, 2.05) is 38.1 Å². The highest BCUT2D eigenvalue weighted by Gasteiger charge is 2.52. The summed E-state index contributed by atoms with van der Waals surface area (Å²) in [5, 5.41) is -0.0123. The second kappa shape index (κ2) is 13.0. The van der Waals surface area contributed by atoms with Crippen molar-refractivity contribution in [3.8, 4) is 0 Å². The van der Waals surface area contributed by atoms with Crippen LogP contribution < -0.4 is 0 Å². The maximum atomic E-state index is 12.9. The Kier molecular flexibility index (Phi) is 10.6. The zero-order chi connectivity index (χ0) is 25.3. The summed E-state index contributed by atoms with van der Waals surface area (Å²) in [6.07, 6.45) is 2.78. The molecule has 2 rings (SSSR count). The van der Waals surface area contributed by atoms with Gasteiger partial charge in [0.15, 0.2) is 5.92 Å². The number of nitrogens with zero attached hydrogens (tertiary/aromatic N) is 1. The van der Waals surface area contributed by atoms with E-state index in [1.165, 1.54) is 23.9 Å². The maximum absolute atomic E-state index is 12.9. The monoisotopic (exact) mass is 509 g/mol. The summed E-state index contributed by atoms with van der Waals surface area (Å²) in [6, 6.07) is 7.46. The number of carbonyl (C=O) groups is 3. The minimum Gasteiger partial charge on any atom is -0.465 e. The van der Waals surface area contributed by atoms with Crippen LogP contribution in [0, 0.1) is 5.92 Å². The summed E-state index contributed by atoms with van der Waals surface area (Å²) in [7, 11) is 0. The molecule has 0 spiro atoms. The van der Waals surface area contributed by atoms with Crippen LogP contribution in [-0.2, 0) is 34.0 Å². The fourth-order valence-electron chi connectivity index (χ4n) is 3.79. The third-order valence-electron chi connectivity index (χ3n) is 5.16. The van der Waals surface area contributed by atoms with Crippen molar-refractivity contribution < 1.29 is 28.6 Å². The van der Waals surface area contributed by atoms with Gasteiger partial charge in [-0.2, -0.15) is 0 Å². The topological polar surface area (TPSA) is 91.3 Å². The SMILES string of the molecule is CCOC(=O)/C=C/[C@H](Cl)[C@@]1(CC(C(=O)OCC)C(=O)OCC)C(SC(C)C)=Nc2ccccc21. The fourth-order valence-corrected chi connectivity index (χ4v) is 5.37. The Hall–Kier alpha value is -2.32. The van der Waals surface area contributed by atoms with Gasteiger partial charge in [-0.15, -0.1) is 23.4 Å². The Bertz CT molecular complexity index is 929. The highest BCUT2D eigenvalue weighted by molar-refractivity contribution is 8.14. The van der Waals surface area contributed by atoms with Gasteiger partial charge >= 0.3 is 17.9 Å². The molecule has 2 atom stereocenters. The molecule has 186 valence electrons. The molecule has 0 unspecified atom stereocenters. The largest absolute Gasteiger partial charge is 0.465 e. The lowest BCUT2D eigenvalue weighted by atomic mass is 9.72. The van der Waals surface area contributed by atoms with E-state index in [0.717, 1.165) is 5.56 Å². The van der Waals surface area contributed by atoms with Crippen LogP contribution in [0.15, 0.2) is 41.4 Å². The van der Waals surface area contributed by atoms with Gasteiger partial charge < -0.3 is 14.2 Å². The number of para-hydroxylation sites is 1. The molecule has 34 heavy (non-hydrogen) atoms. The smallest absolute Gasteiger partial charge is 0.330 e. The number of rotatable bonds is 11. The van der Waals surface area contributed by atoms with Crippen LogP contribution in [0.3, 0.4) is 0 Å².